The SMILES string of the molecule is CCc1nnsc1C(=O)OCC(=O)c1ccc(N2CCCC2=O)cc1. The third-order valence-electron chi connectivity index (χ3n) is 3.98. The van der Waals surface area contributed by atoms with Gasteiger partial charge in [-0.3, -0.25) is 9.59 Å². The van der Waals surface area contributed by atoms with E-state index in [-0.39, 0.29) is 18.3 Å². The Kier molecular flexibility index (Phi) is 5.18. The number of aromatic nitrogens is 2. The largest absolute Gasteiger partial charge is 0.453 e. The third-order valence-corrected chi connectivity index (χ3v) is 4.73. The molecule has 25 heavy (non-hydrogen) atoms. The van der Waals surface area contributed by atoms with Crippen LogP contribution in [-0.2, 0) is 16.0 Å². The fraction of sp³-hybridized carbons (Fsp3) is 0.353. The molecule has 1 aliphatic heterocycles. The van der Waals surface area contributed by atoms with Gasteiger partial charge in [0.1, 0.15) is 0 Å². The van der Waals surface area contributed by atoms with Crippen LogP contribution in [0.3, 0.4) is 0 Å². The summed E-state index contributed by atoms with van der Waals surface area (Å²) >= 11 is 0.962. The van der Waals surface area contributed by atoms with Crippen molar-refractivity contribution in [1.29, 1.82) is 0 Å². The second-order valence-corrected chi connectivity index (χ2v) is 6.35. The number of nitrogens with zero attached hydrogens (tertiary/aromatic N) is 3. The van der Waals surface area contributed by atoms with Crippen molar-refractivity contribution in [3.8, 4) is 0 Å². The van der Waals surface area contributed by atoms with Gasteiger partial charge in [-0.05, 0) is 48.6 Å². The molecule has 1 aromatic heterocycles. The zero-order valence-corrected chi connectivity index (χ0v) is 14.5. The Morgan fingerprint density at radius 3 is 2.68 bits per heavy atom. The summed E-state index contributed by atoms with van der Waals surface area (Å²) in [5, 5.41) is 3.85. The first-order valence-corrected chi connectivity index (χ1v) is 8.79. The highest BCUT2D eigenvalue weighted by Gasteiger charge is 2.22. The van der Waals surface area contributed by atoms with E-state index in [1.54, 1.807) is 29.2 Å². The van der Waals surface area contributed by atoms with Gasteiger partial charge in [-0.15, -0.1) is 5.10 Å². The van der Waals surface area contributed by atoms with Crippen LogP contribution in [0.4, 0.5) is 5.69 Å². The second-order valence-electron chi connectivity index (χ2n) is 5.60. The fourth-order valence-electron chi connectivity index (χ4n) is 2.62. The van der Waals surface area contributed by atoms with E-state index in [1.165, 1.54) is 0 Å². The number of anilines is 1. The molecule has 130 valence electrons. The van der Waals surface area contributed by atoms with Crippen LogP contribution in [0, 0.1) is 0 Å². The zero-order valence-electron chi connectivity index (χ0n) is 13.7. The van der Waals surface area contributed by atoms with Crippen LogP contribution < -0.4 is 4.90 Å². The Balaban J connectivity index is 1.60. The van der Waals surface area contributed by atoms with Crippen molar-refractivity contribution in [1.82, 2.24) is 9.59 Å². The first kappa shape index (κ1) is 17.2. The van der Waals surface area contributed by atoms with Gasteiger partial charge in [0.05, 0.1) is 5.69 Å². The van der Waals surface area contributed by atoms with Crippen molar-refractivity contribution in [2.75, 3.05) is 18.1 Å². The highest BCUT2D eigenvalue weighted by atomic mass is 32.1. The Morgan fingerprint density at radius 2 is 2.04 bits per heavy atom. The maximum absolute atomic E-state index is 12.2. The number of esters is 1. The summed E-state index contributed by atoms with van der Waals surface area (Å²) in [6.45, 7) is 2.22. The van der Waals surface area contributed by atoms with Crippen molar-refractivity contribution >= 4 is 34.9 Å². The van der Waals surface area contributed by atoms with Gasteiger partial charge in [-0.25, -0.2) is 4.79 Å². The van der Waals surface area contributed by atoms with E-state index < -0.39 is 5.97 Å². The molecule has 0 unspecified atom stereocenters. The van der Waals surface area contributed by atoms with Crippen LogP contribution in [0.2, 0.25) is 0 Å². The van der Waals surface area contributed by atoms with Crippen molar-refractivity contribution < 1.29 is 19.1 Å². The summed E-state index contributed by atoms with van der Waals surface area (Å²) in [4.78, 5) is 37.9. The Morgan fingerprint density at radius 1 is 1.28 bits per heavy atom. The maximum Gasteiger partial charge on any atom is 0.352 e. The summed E-state index contributed by atoms with van der Waals surface area (Å²) in [7, 11) is 0. The molecule has 2 heterocycles. The highest BCUT2D eigenvalue weighted by Crippen LogP contribution is 2.22. The number of Topliss-reactive ketones (excluding diaryl/α,β-unsaturated/α-hetero) is 1. The Labute approximate surface area is 148 Å². The summed E-state index contributed by atoms with van der Waals surface area (Å²) in [5.74, 6) is -0.791. The fourth-order valence-corrected chi connectivity index (χ4v) is 3.27. The Hall–Kier alpha value is -2.61. The van der Waals surface area contributed by atoms with E-state index in [0.29, 0.717) is 35.5 Å². The van der Waals surface area contributed by atoms with Crippen molar-refractivity contribution in [3.05, 3.63) is 40.4 Å². The van der Waals surface area contributed by atoms with Gasteiger partial charge < -0.3 is 9.64 Å². The second kappa shape index (κ2) is 7.52. The molecule has 0 saturated carbocycles. The number of carbonyl (C=O) groups excluding carboxylic acids is 3. The first-order valence-electron chi connectivity index (χ1n) is 8.02. The normalized spacial score (nSPS) is 14.0. The molecule has 1 fully saturated rings. The van der Waals surface area contributed by atoms with E-state index in [9.17, 15) is 14.4 Å². The standard InChI is InChI=1S/C17H17N3O4S/c1-2-13-16(25-19-18-13)17(23)24-10-14(21)11-5-7-12(8-6-11)20-9-3-4-15(20)22/h5-8H,2-4,9-10H2,1H3. The average molecular weight is 359 g/mol. The molecule has 3 rings (SSSR count). The predicted octanol–water partition coefficient (Wildman–Crippen LogP) is 2.27. The molecular formula is C17H17N3O4S. The number of rotatable bonds is 6. The molecule has 0 N–H and O–H groups in total. The molecule has 0 spiro atoms. The summed E-state index contributed by atoms with van der Waals surface area (Å²) in [6, 6.07) is 6.76. The van der Waals surface area contributed by atoms with E-state index in [4.69, 9.17) is 4.74 Å². The number of benzene rings is 1. The van der Waals surface area contributed by atoms with Crippen LogP contribution in [-0.4, -0.2) is 40.4 Å². The lowest BCUT2D eigenvalue weighted by Gasteiger charge is -2.15. The molecule has 1 amide bonds. The molecule has 2 aromatic rings. The maximum atomic E-state index is 12.2. The van der Waals surface area contributed by atoms with Gasteiger partial charge in [-0.1, -0.05) is 11.4 Å². The van der Waals surface area contributed by atoms with E-state index in [2.05, 4.69) is 9.59 Å². The van der Waals surface area contributed by atoms with E-state index >= 15 is 0 Å². The van der Waals surface area contributed by atoms with Crippen LogP contribution in [0.25, 0.3) is 0 Å². The molecule has 0 bridgehead atoms. The van der Waals surface area contributed by atoms with Gasteiger partial charge in [0.15, 0.2) is 17.3 Å². The molecule has 1 aromatic carbocycles. The van der Waals surface area contributed by atoms with Crippen molar-refractivity contribution in [2.45, 2.75) is 26.2 Å². The highest BCUT2D eigenvalue weighted by molar-refractivity contribution is 7.07. The van der Waals surface area contributed by atoms with Gasteiger partial charge in [0.25, 0.3) is 0 Å². The topological polar surface area (TPSA) is 89.5 Å². The minimum atomic E-state index is -0.584. The monoisotopic (exact) mass is 359 g/mol. The smallest absolute Gasteiger partial charge is 0.352 e. The minimum Gasteiger partial charge on any atom is -0.453 e. The van der Waals surface area contributed by atoms with E-state index in [1.807, 2.05) is 6.92 Å². The molecule has 1 aliphatic rings. The van der Waals surface area contributed by atoms with Crippen LogP contribution in [0.1, 0.15) is 45.5 Å². The lowest BCUT2D eigenvalue weighted by atomic mass is 10.1. The lowest BCUT2D eigenvalue weighted by molar-refractivity contribution is -0.117. The molecule has 0 radical (unpaired) electrons. The molecular weight excluding hydrogens is 342 g/mol. The molecule has 7 nitrogen and oxygen atoms in total. The number of aryl methyl sites for hydroxylation is 1. The first-order chi connectivity index (χ1) is 12.1. The molecule has 0 atom stereocenters. The average Bonchev–Trinajstić information content (AvgIpc) is 3.28. The quantitative estimate of drug-likeness (QED) is 0.581. The predicted molar refractivity (Wildman–Crippen MR) is 91.9 cm³/mol. The van der Waals surface area contributed by atoms with Gasteiger partial charge in [0, 0.05) is 24.2 Å². The number of hydrogen-bond acceptors (Lipinski definition) is 7. The zero-order chi connectivity index (χ0) is 17.8. The third kappa shape index (κ3) is 3.74. The Bertz CT molecular complexity index is 800. The van der Waals surface area contributed by atoms with Crippen LogP contribution in [0.5, 0.6) is 0 Å². The molecule has 1 saturated heterocycles. The summed E-state index contributed by atoms with van der Waals surface area (Å²) < 4.78 is 8.80. The van der Waals surface area contributed by atoms with Gasteiger partial charge in [-0.2, -0.15) is 0 Å². The summed E-state index contributed by atoms with van der Waals surface area (Å²) in [5.41, 5.74) is 1.78. The lowest BCUT2D eigenvalue weighted by Crippen LogP contribution is -2.23. The van der Waals surface area contributed by atoms with Gasteiger partial charge in [0.2, 0.25) is 5.91 Å². The van der Waals surface area contributed by atoms with Crippen LogP contribution >= 0.6 is 11.5 Å². The number of carbonyl (C=O) groups is 3. The van der Waals surface area contributed by atoms with Crippen molar-refractivity contribution in [2.24, 2.45) is 0 Å². The minimum absolute atomic E-state index is 0.0953. The van der Waals surface area contributed by atoms with Gasteiger partial charge >= 0.3 is 5.97 Å². The number of ether oxygens (including phenoxy) is 1. The summed E-state index contributed by atoms with van der Waals surface area (Å²) in [6.07, 6.45) is 1.98. The number of ketones is 1. The van der Waals surface area contributed by atoms with E-state index in [0.717, 1.165) is 23.6 Å². The number of hydrogen-bond donors (Lipinski definition) is 0. The van der Waals surface area contributed by atoms with Crippen LogP contribution in [0.15, 0.2) is 24.3 Å². The molecule has 0 aliphatic carbocycles. The number of amides is 1. The van der Waals surface area contributed by atoms with Crippen molar-refractivity contribution in [3.63, 3.8) is 0 Å². The molecule has 8 heteroatoms.